The molecule has 0 aliphatic carbocycles. The van der Waals surface area contributed by atoms with Gasteiger partial charge < -0.3 is 15.1 Å². The maximum atomic E-state index is 12.7. The van der Waals surface area contributed by atoms with Gasteiger partial charge in [-0.25, -0.2) is 9.97 Å². The number of furan rings is 1. The number of hydrogen-bond acceptors (Lipinski definition) is 5. The first kappa shape index (κ1) is 13.6. The second-order valence-electron chi connectivity index (χ2n) is 5.45. The SMILES string of the molecule is C[C@@H]1CCN(C(=O)c2nccnc2N)[C@@H](c2ccco2)C1. The standard InChI is InChI=1S/C15H18N4O2/c1-10-4-7-19(11(9-10)12-3-2-8-21-12)15(20)13-14(16)18-6-5-17-13/h2-3,5-6,8,10-11H,4,7,9H2,1H3,(H2,16,18)/t10-,11-/m1/s1. The number of carbonyl (C=O) groups excluding carboxylic acids is 1. The van der Waals surface area contributed by atoms with Crippen molar-refractivity contribution in [2.24, 2.45) is 5.92 Å². The molecular weight excluding hydrogens is 268 g/mol. The van der Waals surface area contributed by atoms with Gasteiger partial charge in [-0.15, -0.1) is 0 Å². The first-order valence-electron chi connectivity index (χ1n) is 7.07. The number of amides is 1. The van der Waals surface area contributed by atoms with Crippen LogP contribution in [0.25, 0.3) is 0 Å². The average molecular weight is 286 g/mol. The Labute approximate surface area is 123 Å². The summed E-state index contributed by atoms with van der Waals surface area (Å²) in [6.07, 6.45) is 6.43. The number of anilines is 1. The summed E-state index contributed by atoms with van der Waals surface area (Å²) in [5, 5.41) is 0. The van der Waals surface area contributed by atoms with Crippen molar-refractivity contribution in [1.29, 1.82) is 0 Å². The van der Waals surface area contributed by atoms with E-state index in [4.69, 9.17) is 10.2 Å². The predicted octanol–water partition coefficient (Wildman–Crippen LogP) is 2.27. The molecule has 110 valence electrons. The smallest absolute Gasteiger partial charge is 0.276 e. The lowest BCUT2D eigenvalue weighted by Crippen LogP contribution is -2.41. The van der Waals surface area contributed by atoms with Gasteiger partial charge in [-0.05, 0) is 30.9 Å². The van der Waals surface area contributed by atoms with Crippen LogP contribution in [0.1, 0.15) is 42.1 Å². The summed E-state index contributed by atoms with van der Waals surface area (Å²) < 4.78 is 5.51. The van der Waals surface area contributed by atoms with E-state index in [1.807, 2.05) is 12.1 Å². The van der Waals surface area contributed by atoms with Crippen LogP contribution in [0, 0.1) is 5.92 Å². The van der Waals surface area contributed by atoms with Crippen LogP contribution in [0.15, 0.2) is 35.2 Å². The molecule has 21 heavy (non-hydrogen) atoms. The van der Waals surface area contributed by atoms with E-state index in [9.17, 15) is 4.79 Å². The van der Waals surface area contributed by atoms with Crippen LogP contribution < -0.4 is 5.73 Å². The third-order valence-electron chi connectivity index (χ3n) is 3.93. The van der Waals surface area contributed by atoms with Gasteiger partial charge in [0.05, 0.1) is 12.3 Å². The van der Waals surface area contributed by atoms with E-state index < -0.39 is 0 Å². The van der Waals surface area contributed by atoms with E-state index in [1.54, 1.807) is 11.2 Å². The normalized spacial score (nSPS) is 22.2. The van der Waals surface area contributed by atoms with Gasteiger partial charge in [0.2, 0.25) is 0 Å². The van der Waals surface area contributed by atoms with E-state index >= 15 is 0 Å². The summed E-state index contributed by atoms with van der Waals surface area (Å²) in [6, 6.07) is 3.68. The van der Waals surface area contributed by atoms with Crippen molar-refractivity contribution in [3.05, 3.63) is 42.2 Å². The minimum atomic E-state index is -0.186. The van der Waals surface area contributed by atoms with Crippen molar-refractivity contribution < 1.29 is 9.21 Å². The molecule has 2 atom stereocenters. The Balaban J connectivity index is 1.91. The fourth-order valence-electron chi connectivity index (χ4n) is 2.78. The van der Waals surface area contributed by atoms with Crippen molar-refractivity contribution in [3.8, 4) is 0 Å². The Hall–Kier alpha value is -2.37. The van der Waals surface area contributed by atoms with Gasteiger partial charge in [0.25, 0.3) is 5.91 Å². The molecule has 3 heterocycles. The number of piperidine rings is 1. The van der Waals surface area contributed by atoms with Crippen LogP contribution in [-0.4, -0.2) is 27.3 Å². The molecule has 0 spiro atoms. The summed E-state index contributed by atoms with van der Waals surface area (Å²) in [5.41, 5.74) is 5.99. The van der Waals surface area contributed by atoms with Crippen LogP contribution in [0.4, 0.5) is 5.82 Å². The second kappa shape index (κ2) is 5.55. The summed E-state index contributed by atoms with van der Waals surface area (Å²) in [4.78, 5) is 22.5. The highest BCUT2D eigenvalue weighted by molar-refractivity contribution is 5.96. The van der Waals surface area contributed by atoms with Crippen molar-refractivity contribution in [1.82, 2.24) is 14.9 Å². The third kappa shape index (κ3) is 2.61. The van der Waals surface area contributed by atoms with Crippen molar-refractivity contribution in [3.63, 3.8) is 0 Å². The molecule has 2 N–H and O–H groups in total. The third-order valence-corrected chi connectivity index (χ3v) is 3.93. The first-order chi connectivity index (χ1) is 10.2. The molecule has 1 amide bonds. The van der Waals surface area contributed by atoms with E-state index in [1.165, 1.54) is 12.4 Å². The minimum absolute atomic E-state index is 0.0716. The molecule has 0 radical (unpaired) electrons. The molecule has 1 saturated heterocycles. The van der Waals surface area contributed by atoms with E-state index in [-0.39, 0.29) is 23.5 Å². The minimum Gasteiger partial charge on any atom is -0.467 e. The number of nitrogens with zero attached hydrogens (tertiary/aromatic N) is 3. The zero-order chi connectivity index (χ0) is 14.8. The Kier molecular flexibility index (Phi) is 3.60. The quantitative estimate of drug-likeness (QED) is 0.915. The second-order valence-corrected chi connectivity index (χ2v) is 5.45. The molecule has 2 aromatic heterocycles. The fraction of sp³-hybridized carbons (Fsp3) is 0.400. The molecular formula is C15H18N4O2. The van der Waals surface area contributed by atoms with Gasteiger partial charge in [-0.2, -0.15) is 0 Å². The van der Waals surface area contributed by atoms with Crippen LogP contribution >= 0.6 is 0 Å². The Morgan fingerprint density at radius 2 is 2.24 bits per heavy atom. The number of likely N-dealkylation sites (tertiary alicyclic amines) is 1. The van der Waals surface area contributed by atoms with Crippen LogP contribution in [-0.2, 0) is 0 Å². The molecule has 1 aliphatic rings. The van der Waals surface area contributed by atoms with E-state index in [2.05, 4.69) is 16.9 Å². The van der Waals surface area contributed by atoms with E-state index in [0.717, 1.165) is 18.6 Å². The van der Waals surface area contributed by atoms with Gasteiger partial charge in [0, 0.05) is 18.9 Å². The number of carbonyl (C=O) groups is 1. The highest BCUT2D eigenvalue weighted by Gasteiger charge is 2.34. The highest BCUT2D eigenvalue weighted by atomic mass is 16.3. The fourth-order valence-corrected chi connectivity index (χ4v) is 2.78. The van der Waals surface area contributed by atoms with Gasteiger partial charge >= 0.3 is 0 Å². The lowest BCUT2D eigenvalue weighted by molar-refractivity contribution is 0.0516. The van der Waals surface area contributed by atoms with Crippen LogP contribution in [0.2, 0.25) is 0 Å². The van der Waals surface area contributed by atoms with E-state index in [0.29, 0.717) is 12.5 Å². The number of nitrogens with two attached hydrogens (primary N) is 1. The van der Waals surface area contributed by atoms with Crippen molar-refractivity contribution in [2.45, 2.75) is 25.8 Å². The Bertz CT molecular complexity index is 626. The molecule has 0 saturated carbocycles. The Morgan fingerprint density at radius 1 is 1.43 bits per heavy atom. The lowest BCUT2D eigenvalue weighted by Gasteiger charge is -2.37. The first-order valence-corrected chi connectivity index (χ1v) is 7.07. The number of nitrogen functional groups attached to an aromatic ring is 1. The maximum Gasteiger partial charge on any atom is 0.276 e. The molecule has 2 aromatic rings. The topological polar surface area (TPSA) is 85.2 Å². The average Bonchev–Trinajstić information content (AvgIpc) is 3.01. The van der Waals surface area contributed by atoms with Crippen LogP contribution in [0.5, 0.6) is 0 Å². The Morgan fingerprint density at radius 3 is 2.95 bits per heavy atom. The molecule has 1 fully saturated rings. The van der Waals surface area contributed by atoms with Gasteiger partial charge in [-0.3, -0.25) is 4.79 Å². The molecule has 1 aliphatic heterocycles. The van der Waals surface area contributed by atoms with Crippen molar-refractivity contribution in [2.75, 3.05) is 12.3 Å². The summed E-state index contributed by atoms with van der Waals surface area (Å²) in [6.45, 7) is 2.86. The lowest BCUT2D eigenvalue weighted by atomic mass is 9.91. The number of aromatic nitrogens is 2. The number of rotatable bonds is 2. The molecule has 6 heteroatoms. The van der Waals surface area contributed by atoms with Gasteiger partial charge in [0.15, 0.2) is 11.5 Å². The summed E-state index contributed by atoms with van der Waals surface area (Å²) in [7, 11) is 0. The zero-order valence-electron chi connectivity index (χ0n) is 11.9. The predicted molar refractivity (Wildman–Crippen MR) is 77.3 cm³/mol. The summed E-state index contributed by atoms with van der Waals surface area (Å²) in [5.74, 6) is 1.33. The molecule has 0 aromatic carbocycles. The van der Waals surface area contributed by atoms with Crippen molar-refractivity contribution >= 4 is 11.7 Å². The maximum absolute atomic E-state index is 12.7. The summed E-state index contributed by atoms with van der Waals surface area (Å²) >= 11 is 0. The largest absolute Gasteiger partial charge is 0.467 e. The highest BCUT2D eigenvalue weighted by Crippen LogP contribution is 2.35. The number of hydrogen-bond donors (Lipinski definition) is 1. The molecule has 0 bridgehead atoms. The molecule has 0 unspecified atom stereocenters. The monoisotopic (exact) mass is 286 g/mol. The van der Waals surface area contributed by atoms with Gasteiger partial charge in [-0.1, -0.05) is 6.92 Å². The molecule has 3 rings (SSSR count). The molecule has 6 nitrogen and oxygen atoms in total. The van der Waals surface area contributed by atoms with Gasteiger partial charge in [0.1, 0.15) is 5.76 Å². The van der Waals surface area contributed by atoms with Crippen LogP contribution in [0.3, 0.4) is 0 Å². The zero-order valence-corrected chi connectivity index (χ0v) is 11.9.